The minimum Gasteiger partial charge on any atom is -0.465 e. The van der Waals surface area contributed by atoms with Crippen molar-refractivity contribution in [2.75, 3.05) is 18.5 Å². The van der Waals surface area contributed by atoms with Gasteiger partial charge >= 0.3 is 6.18 Å². The number of fused-ring (bicyclic) bond motifs is 1. The largest absolute Gasteiger partial charge is 0.465 e. The maximum Gasteiger partial charge on any atom is 0.415 e. The number of pyridine rings is 1. The van der Waals surface area contributed by atoms with Crippen molar-refractivity contribution < 1.29 is 40.6 Å². The maximum absolute atomic E-state index is 14.8. The van der Waals surface area contributed by atoms with Gasteiger partial charge in [0.05, 0.1) is 19.1 Å². The molecule has 1 amide bonds. The molecule has 1 saturated heterocycles. The predicted molar refractivity (Wildman–Crippen MR) is 102 cm³/mol. The number of alkyl halides is 5. The van der Waals surface area contributed by atoms with E-state index in [2.05, 4.69) is 15.3 Å². The summed E-state index contributed by atoms with van der Waals surface area (Å²) in [7, 11) is 0. The number of benzene rings is 1. The van der Waals surface area contributed by atoms with Gasteiger partial charge in [-0.1, -0.05) is 0 Å². The number of carbonyl (C=O) groups is 1. The van der Waals surface area contributed by atoms with Crippen LogP contribution in [-0.4, -0.2) is 42.4 Å². The van der Waals surface area contributed by atoms with E-state index in [9.17, 15) is 31.1 Å². The van der Waals surface area contributed by atoms with Gasteiger partial charge in [-0.3, -0.25) is 9.78 Å². The lowest BCUT2D eigenvalue weighted by atomic mass is 9.77. The topological polar surface area (TPSA) is 98.8 Å². The van der Waals surface area contributed by atoms with E-state index in [4.69, 9.17) is 15.2 Å². The van der Waals surface area contributed by atoms with Crippen LogP contribution < -0.4 is 11.1 Å². The van der Waals surface area contributed by atoms with E-state index in [-0.39, 0.29) is 22.5 Å². The van der Waals surface area contributed by atoms with Crippen LogP contribution in [0.25, 0.3) is 0 Å². The summed E-state index contributed by atoms with van der Waals surface area (Å²) in [6.07, 6.45) is -8.94. The van der Waals surface area contributed by atoms with Crippen LogP contribution >= 0.6 is 0 Å². The Morgan fingerprint density at radius 3 is 2.64 bits per heavy atom. The number of aromatic nitrogens is 1. The van der Waals surface area contributed by atoms with E-state index >= 15 is 0 Å². The number of carbonyl (C=O) groups excluding carboxylic acids is 1. The van der Waals surface area contributed by atoms with E-state index in [0.29, 0.717) is 0 Å². The number of hydrogen-bond donors (Lipinski definition) is 2. The summed E-state index contributed by atoms with van der Waals surface area (Å²) in [4.78, 5) is 20.1. The molecule has 176 valence electrons. The van der Waals surface area contributed by atoms with Crippen LogP contribution in [0.5, 0.6) is 0 Å². The van der Waals surface area contributed by atoms with Crippen LogP contribution in [0.4, 0.5) is 32.0 Å². The van der Waals surface area contributed by atoms with Gasteiger partial charge in [0.2, 0.25) is 0 Å². The van der Waals surface area contributed by atoms with Crippen molar-refractivity contribution in [3.8, 4) is 0 Å². The van der Waals surface area contributed by atoms with E-state index in [0.717, 1.165) is 30.5 Å². The first-order valence-electron chi connectivity index (χ1n) is 9.53. The Balaban J connectivity index is 1.66. The number of rotatable bonds is 4. The highest BCUT2D eigenvalue weighted by Crippen LogP contribution is 2.50. The summed E-state index contributed by atoms with van der Waals surface area (Å²) in [6, 6.07) is 4.94. The minimum atomic E-state index is -4.75. The highest BCUT2D eigenvalue weighted by molar-refractivity contribution is 6.02. The smallest absolute Gasteiger partial charge is 0.415 e. The lowest BCUT2D eigenvalue weighted by molar-refractivity contribution is -0.219. The highest BCUT2D eigenvalue weighted by atomic mass is 19.4. The molecule has 2 aliphatic heterocycles. The second kappa shape index (κ2) is 8.21. The minimum absolute atomic E-state index is 0.0139. The van der Waals surface area contributed by atoms with Crippen molar-refractivity contribution in [3.63, 3.8) is 0 Å². The van der Waals surface area contributed by atoms with Crippen molar-refractivity contribution in [2.24, 2.45) is 16.6 Å². The van der Waals surface area contributed by atoms with Gasteiger partial charge in [0.25, 0.3) is 18.4 Å². The fourth-order valence-electron chi connectivity index (χ4n) is 3.89. The normalized spacial score (nSPS) is 24.8. The molecule has 3 N–H and O–H groups in total. The fourth-order valence-corrected chi connectivity index (χ4v) is 3.89. The Morgan fingerprint density at radius 1 is 1.24 bits per heavy atom. The number of nitrogens with one attached hydrogen (secondary N) is 1. The van der Waals surface area contributed by atoms with Gasteiger partial charge in [-0.25, -0.2) is 18.2 Å². The number of nitrogens with zero attached hydrogens (tertiary/aromatic N) is 2. The molecule has 1 aromatic heterocycles. The number of nitrogens with two attached hydrogens (primary N) is 1. The lowest BCUT2D eigenvalue weighted by Crippen LogP contribution is -2.48. The van der Waals surface area contributed by atoms with Crippen molar-refractivity contribution in [3.05, 3.63) is 59.2 Å². The van der Waals surface area contributed by atoms with Crippen LogP contribution in [0, 0.1) is 11.7 Å². The van der Waals surface area contributed by atoms with Crippen LogP contribution in [-0.2, 0) is 15.0 Å². The molecule has 0 aliphatic carbocycles. The van der Waals surface area contributed by atoms with Gasteiger partial charge in [-0.2, -0.15) is 13.2 Å². The first-order chi connectivity index (χ1) is 15.5. The number of ether oxygens (including phenoxy) is 2. The second-order valence-electron chi connectivity index (χ2n) is 7.49. The van der Waals surface area contributed by atoms with Gasteiger partial charge in [-0.15, -0.1) is 0 Å². The Kier molecular flexibility index (Phi) is 5.68. The maximum atomic E-state index is 14.8. The molecule has 0 bridgehead atoms. The molecular weight excluding hydrogens is 458 g/mol. The summed E-state index contributed by atoms with van der Waals surface area (Å²) in [5.74, 6) is -3.11. The fraction of sp³-hybridized carbons (Fsp3) is 0.350. The molecule has 33 heavy (non-hydrogen) atoms. The average Bonchev–Trinajstić information content (AvgIpc) is 3.15. The van der Waals surface area contributed by atoms with Gasteiger partial charge in [0, 0.05) is 23.0 Å². The number of halogens is 6. The molecule has 3 heterocycles. The monoisotopic (exact) mass is 474 g/mol. The molecule has 0 radical (unpaired) electrons. The average molecular weight is 474 g/mol. The van der Waals surface area contributed by atoms with E-state index in [1.54, 1.807) is 0 Å². The molecule has 0 saturated carbocycles. The summed E-state index contributed by atoms with van der Waals surface area (Å²) in [5.41, 5.74) is 2.92. The SMILES string of the molecule is NC1=N[C@@]2(c3cc(NC(=O)c4ccc(C(F)F)cn4)ccc3F)CO[C@H](C(F)(F)F)[C@H]2CO1. The van der Waals surface area contributed by atoms with Crippen molar-refractivity contribution in [1.29, 1.82) is 0 Å². The van der Waals surface area contributed by atoms with E-state index in [1.165, 1.54) is 6.07 Å². The number of amidine groups is 1. The number of hydrogen-bond acceptors (Lipinski definition) is 6. The number of amides is 1. The molecule has 1 aromatic carbocycles. The van der Waals surface area contributed by atoms with E-state index < -0.39 is 61.1 Å². The first kappa shape index (κ1) is 22.8. The predicted octanol–water partition coefficient (Wildman–Crippen LogP) is 3.53. The zero-order chi connectivity index (χ0) is 24.0. The molecule has 4 rings (SSSR count). The molecule has 0 spiro atoms. The van der Waals surface area contributed by atoms with Crippen LogP contribution in [0.3, 0.4) is 0 Å². The van der Waals surface area contributed by atoms with Crippen molar-refractivity contribution in [2.45, 2.75) is 24.2 Å². The molecule has 3 atom stereocenters. The van der Waals surface area contributed by atoms with Gasteiger partial charge in [0.15, 0.2) is 6.10 Å². The van der Waals surface area contributed by atoms with Gasteiger partial charge in [0.1, 0.15) is 17.1 Å². The third kappa shape index (κ3) is 4.19. The van der Waals surface area contributed by atoms with Crippen molar-refractivity contribution in [1.82, 2.24) is 4.98 Å². The van der Waals surface area contributed by atoms with Crippen LogP contribution in [0.15, 0.2) is 41.5 Å². The molecule has 0 unspecified atom stereocenters. The lowest BCUT2D eigenvalue weighted by Gasteiger charge is -2.36. The Labute approximate surface area is 182 Å². The summed E-state index contributed by atoms with van der Waals surface area (Å²) >= 11 is 0. The molecule has 7 nitrogen and oxygen atoms in total. The summed E-state index contributed by atoms with van der Waals surface area (Å²) in [6.45, 7) is -1.12. The second-order valence-corrected chi connectivity index (χ2v) is 7.49. The first-order valence-corrected chi connectivity index (χ1v) is 9.53. The third-order valence-electron chi connectivity index (χ3n) is 5.47. The number of aliphatic imine (C=N–C) groups is 1. The summed E-state index contributed by atoms with van der Waals surface area (Å²) in [5, 5.41) is 2.41. The standard InChI is InChI=1S/C20H16F6N4O3/c21-13-3-2-10(29-17(31)14-4-1-9(6-28-14)16(22)23)5-11(13)19-8-33-15(20(24,25)26)12(19)7-32-18(27)30-19/h1-6,12,15-16H,7-8H2,(H2,27,30)(H,29,31)/t12-,15+,19-/m1/s1. The van der Waals surface area contributed by atoms with Crippen LogP contribution in [0.2, 0.25) is 0 Å². The Bertz CT molecular complexity index is 1090. The highest BCUT2D eigenvalue weighted by Gasteiger charge is 2.62. The summed E-state index contributed by atoms with van der Waals surface area (Å²) < 4.78 is 90.5. The zero-order valence-electron chi connectivity index (χ0n) is 16.6. The Morgan fingerprint density at radius 2 is 2.00 bits per heavy atom. The van der Waals surface area contributed by atoms with Gasteiger partial charge < -0.3 is 20.5 Å². The molecule has 2 aromatic rings. The molecule has 2 aliphatic rings. The Hall–Kier alpha value is -3.35. The molecule has 1 fully saturated rings. The van der Waals surface area contributed by atoms with Crippen molar-refractivity contribution >= 4 is 17.6 Å². The van der Waals surface area contributed by atoms with Gasteiger partial charge in [-0.05, 0) is 30.3 Å². The number of anilines is 1. The van der Waals surface area contributed by atoms with Crippen LogP contribution in [0.1, 0.15) is 28.0 Å². The molecule has 13 heteroatoms. The zero-order valence-corrected chi connectivity index (χ0v) is 16.6. The molecular formula is C20H16F6N4O3. The quantitative estimate of drug-likeness (QED) is 0.661. The third-order valence-corrected chi connectivity index (χ3v) is 5.47. The van der Waals surface area contributed by atoms with E-state index in [1.807, 2.05) is 0 Å².